The summed E-state index contributed by atoms with van der Waals surface area (Å²) < 4.78 is 0. The van der Waals surface area contributed by atoms with E-state index < -0.39 is 0 Å². The lowest BCUT2D eigenvalue weighted by Gasteiger charge is -2.51. The summed E-state index contributed by atoms with van der Waals surface area (Å²) in [5.74, 6) is 1.80. The number of alkyl halides is 1. The Balaban J connectivity index is 2.00. The molecule has 2 aliphatic rings. The molecule has 0 amide bonds. The van der Waals surface area contributed by atoms with Gasteiger partial charge in [0.05, 0.1) is 0 Å². The van der Waals surface area contributed by atoms with Gasteiger partial charge in [-0.25, -0.2) is 0 Å². The fourth-order valence-corrected chi connectivity index (χ4v) is 4.21. The largest absolute Gasteiger partial charge is 0.0885 e. The van der Waals surface area contributed by atoms with Crippen molar-refractivity contribution >= 4 is 15.9 Å². The van der Waals surface area contributed by atoms with Crippen molar-refractivity contribution in [3.05, 3.63) is 0 Å². The number of halogens is 1. The summed E-state index contributed by atoms with van der Waals surface area (Å²) in [6.07, 6.45) is 9.03. The molecule has 0 aromatic carbocycles. The molecule has 2 unspecified atom stereocenters. The van der Waals surface area contributed by atoms with Crippen LogP contribution < -0.4 is 0 Å². The van der Waals surface area contributed by atoms with Gasteiger partial charge >= 0.3 is 0 Å². The number of hydrogen-bond donors (Lipinski definition) is 0. The maximum absolute atomic E-state index is 3.90. The molecule has 0 radical (unpaired) electrons. The van der Waals surface area contributed by atoms with Crippen LogP contribution in [0.3, 0.4) is 0 Å². The van der Waals surface area contributed by atoms with Crippen LogP contribution in [0.2, 0.25) is 0 Å². The van der Waals surface area contributed by atoms with Gasteiger partial charge in [-0.15, -0.1) is 0 Å². The minimum absolute atomic E-state index is 0.777. The minimum Gasteiger partial charge on any atom is -0.0885 e. The summed E-state index contributed by atoms with van der Waals surface area (Å²) in [5.41, 5.74) is 0.790. The van der Waals surface area contributed by atoms with Gasteiger partial charge in [-0.2, -0.15) is 0 Å². The van der Waals surface area contributed by atoms with Crippen LogP contribution >= 0.6 is 15.9 Å². The van der Waals surface area contributed by atoms with E-state index in [1.807, 2.05) is 0 Å². The summed E-state index contributed by atoms with van der Waals surface area (Å²) in [5, 5.41) is 0. The summed E-state index contributed by atoms with van der Waals surface area (Å²) >= 11 is 3.90. The molecule has 0 bridgehead atoms. The zero-order chi connectivity index (χ0) is 9.47. The van der Waals surface area contributed by atoms with E-state index in [1.54, 1.807) is 0 Å². The number of hydrogen-bond acceptors (Lipinski definition) is 0. The number of rotatable bonds is 2. The standard InChI is InChI=1S/C12H21Br/c1-9(2)11(13)10-5-8-12(10)6-3-4-7-12/h9-11H,3-8H2,1-2H3. The summed E-state index contributed by atoms with van der Waals surface area (Å²) in [6.45, 7) is 4.70. The van der Waals surface area contributed by atoms with Crippen molar-refractivity contribution in [1.29, 1.82) is 0 Å². The van der Waals surface area contributed by atoms with Crippen molar-refractivity contribution in [3.8, 4) is 0 Å². The first-order valence-electron chi connectivity index (χ1n) is 5.80. The SMILES string of the molecule is CC(C)C(Br)C1CCC12CCCC2. The van der Waals surface area contributed by atoms with E-state index in [4.69, 9.17) is 0 Å². The molecule has 1 spiro atoms. The van der Waals surface area contributed by atoms with Crippen LogP contribution in [0.25, 0.3) is 0 Å². The second-order valence-electron chi connectivity index (χ2n) is 5.40. The Morgan fingerprint density at radius 2 is 1.77 bits per heavy atom. The van der Waals surface area contributed by atoms with Crippen LogP contribution in [0.1, 0.15) is 52.4 Å². The maximum atomic E-state index is 3.90. The lowest BCUT2D eigenvalue weighted by Crippen LogP contribution is -2.44. The smallest absolute Gasteiger partial charge is 0.0202 e. The lowest BCUT2D eigenvalue weighted by atomic mass is 9.57. The van der Waals surface area contributed by atoms with E-state index in [-0.39, 0.29) is 0 Å². The molecule has 2 aliphatic carbocycles. The fourth-order valence-electron chi connectivity index (χ4n) is 3.38. The van der Waals surface area contributed by atoms with Gasteiger partial charge in [0.25, 0.3) is 0 Å². The molecule has 76 valence electrons. The molecule has 2 atom stereocenters. The molecule has 2 fully saturated rings. The Labute approximate surface area is 90.6 Å². The summed E-state index contributed by atoms with van der Waals surface area (Å²) in [4.78, 5) is 0.777. The van der Waals surface area contributed by atoms with Crippen molar-refractivity contribution in [3.63, 3.8) is 0 Å². The topological polar surface area (TPSA) is 0 Å². The first-order valence-corrected chi connectivity index (χ1v) is 6.71. The quantitative estimate of drug-likeness (QED) is 0.633. The van der Waals surface area contributed by atoms with Crippen molar-refractivity contribution < 1.29 is 0 Å². The highest BCUT2D eigenvalue weighted by molar-refractivity contribution is 9.09. The van der Waals surface area contributed by atoms with Gasteiger partial charge in [-0.05, 0) is 42.9 Å². The fraction of sp³-hybridized carbons (Fsp3) is 1.00. The van der Waals surface area contributed by atoms with Gasteiger partial charge < -0.3 is 0 Å². The molecule has 0 aromatic heterocycles. The van der Waals surface area contributed by atoms with Crippen LogP contribution in [0.4, 0.5) is 0 Å². The molecule has 0 N–H and O–H groups in total. The van der Waals surface area contributed by atoms with Crippen molar-refractivity contribution in [2.24, 2.45) is 17.3 Å². The van der Waals surface area contributed by atoms with Gasteiger partial charge in [-0.3, -0.25) is 0 Å². The first kappa shape index (κ1) is 10.0. The van der Waals surface area contributed by atoms with Crippen molar-refractivity contribution in [2.45, 2.75) is 57.2 Å². The van der Waals surface area contributed by atoms with Crippen LogP contribution in [0, 0.1) is 17.3 Å². The summed E-state index contributed by atoms with van der Waals surface area (Å²) in [7, 11) is 0. The molecule has 2 saturated carbocycles. The van der Waals surface area contributed by atoms with E-state index >= 15 is 0 Å². The molecule has 1 heteroatoms. The van der Waals surface area contributed by atoms with E-state index in [1.165, 1.54) is 38.5 Å². The third-order valence-corrected chi connectivity index (χ3v) is 6.06. The lowest BCUT2D eigenvalue weighted by molar-refractivity contribution is 0.0285. The van der Waals surface area contributed by atoms with Gasteiger partial charge in [0, 0.05) is 4.83 Å². The molecule has 0 nitrogen and oxygen atoms in total. The van der Waals surface area contributed by atoms with Gasteiger partial charge in [0.15, 0.2) is 0 Å². The molecule has 0 aliphatic heterocycles. The highest BCUT2D eigenvalue weighted by Gasteiger charge is 2.50. The molecule has 2 rings (SSSR count). The third kappa shape index (κ3) is 1.58. The first-order chi connectivity index (χ1) is 6.16. The van der Waals surface area contributed by atoms with Crippen LogP contribution in [0.5, 0.6) is 0 Å². The predicted octanol–water partition coefficient (Wildman–Crippen LogP) is 4.38. The van der Waals surface area contributed by atoms with E-state index in [9.17, 15) is 0 Å². The molecule has 13 heavy (non-hydrogen) atoms. The Morgan fingerprint density at radius 3 is 2.15 bits per heavy atom. The third-order valence-electron chi connectivity index (χ3n) is 4.36. The average Bonchev–Trinajstić information content (AvgIpc) is 2.52. The Kier molecular flexibility index (Phi) is 2.75. The maximum Gasteiger partial charge on any atom is 0.0202 e. The second kappa shape index (κ2) is 3.56. The molecule has 0 heterocycles. The highest BCUT2D eigenvalue weighted by Crippen LogP contribution is 2.60. The van der Waals surface area contributed by atoms with E-state index in [0.717, 1.165) is 22.1 Å². The van der Waals surface area contributed by atoms with Crippen LogP contribution in [-0.4, -0.2) is 4.83 Å². The molecular weight excluding hydrogens is 224 g/mol. The molecular formula is C12H21Br. The van der Waals surface area contributed by atoms with Crippen LogP contribution in [-0.2, 0) is 0 Å². The monoisotopic (exact) mass is 244 g/mol. The summed E-state index contributed by atoms with van der Waals surface area (Å²) in [6, 6.07) is 0. The van der Waals surface area contributed by atoms with Crippen LogP contribution in [0.15, 0.2) is 0 Å². The van der Waals surface area contributed by atoms with Crippen molar-refractivity contribution in [2.75, 3.05) is 0 Å². The zero-order valence-corrected chi connectivity index (χ0v) is 10.4. The second-order valence-corrected chi connectivity index (χ2v) is 6.46. The molecule has 0 aromatic rings. The Morgan fingerprint density at radius 1 is 1.15 bits per heavy atom. The zero-order valence-electron chi connectivity index (χ0n) is 8.85. The Bertz CT molecular complexity index is 180. The molecule has 0 saturated heterocycles. The van der Waals surface area contributed by atoms with Gasteiger partial charge in [-0.1, -0.05) is 42.6 Å². The predicted molar refractivity (Wildman–Crippen MR) is 61.2 cm³/mol. The minimum atomic E-state index is 0.777. The van der Waals surface area contributed by atoms with Crippen molar-refractivity contribution in [1.82, 2.24) is 0 Å². The van der Waals surface area contributed by atoms with Gasteiger partial charge in [0.1, 0.15) is 0 Å². The van der Waals surface area contributed by atoms with E-state index in [0.29, 0.717) is 0 Å². The average molecular weight is 245 g/mol. The Hall–Kier alpha value is 0.480. The highest BCUT2D eigenvalue weighted by atomic mass is 79.9. The van der Waals surface area contributed by atoms with Gasteiger partial charge in [0.2, 0.25) is 0 Å². The van der Waals surface area contributed by atoms with E-state index in [2.05, 4.69) is 29.8 Å². The normalized spacial score (nSPS) is 33.7.